The fourth-order valence-corrected chi connectivity index (χ4v) is 2.29. The molecule has 0 radical (unpaired) electrons. The summed E-state index contributed by atoms with van der Waals surface area (Å²) < 4.78 is 0. The fraction of sp³-hybridized carbons (Fsp3) is 0.714. The van der Waals surface area contributed by atoms with Gasteiger partial charge in [-0.25, -0.2) is 0 Å². The van der Waals surface area contributed by atoms with Crippen LogP contribution in [0.1, 0.15) is 40.5 Å². The van der Waals surface area contributed by atoms with Gasteiger partial charge in [0.25, 0.3) is 0 Å². The second kappa shape index (κ2) is 5.55. The molecule has 1 saturated heterocycles. The number of piperazine rings is 1. The van der Waals surface area contributed by atoms with E-state index in [1.54, 1.807) is 11.0 Å². The first-order valence-corrected chi connectivity index (χ1v) is 6.65. The zero-order valence-corrected chi connectivity index (χ0v) is 11.8. The van der Waals surface area contributed by atoms with Crippen molar-refractivity contribution in [3.8, 4) is 0 Å². The number of carbonyl (C=O) groups excluding carboxylic acids is 2. The van der Waals surface area contributed by atoms with Crippen molar-refractivity contribution in [3.05, 3.63) is 12.7 Å². The van der Waals surface area contributed by atoms with Gasteiger partial charge in [0.05, 0.1) is 0 Å². The van der Waals surface area contributed by atoms with E-state index in [1.165, 1.54) is 0 Å². The largest absolute Gasteiger partial charge is 0.342 e. The molecule has 2 amide bonds. The van der Waals surface area contributed by atoms with E-state index < -0.39 is 11.6 Å². The van der Waals surface area contributed by atoms with Crippen molar-refractivity contribution >= 4 is 11.8 Å². The Labute approximate surface area is 109 Å². The summed E-state index contributed by atoms with van der Waals surface area (Å²) in [6, 6.07) is -0.401. The first-order chi connectivity index (χ1) is 8.42. The minimum absolute atomic E-state index is 0.00759. The lowest BCUT2D eigenvalue weighted by atomic mass is 9.86. The van der Waals surface area contributed by atoms with Crippen molar-refractivity contribution in [2.24, 2.45) is 5.92 Å². The highest BCUT2D eigenvalue weighted by Gasteiger charge is 2.48. The maximum absolute atomic E-state index is 12.5. The molecule has 4 heteroatoms. The Morgan fingerprint density at radius 3 is 2.56 bits per heavy atom. The number of hydrogen-bond donors (Lipinski definition) is 1. The van der Waals surface area contributed by atoms with Crippen LogP contribution >= 0.6 is 0 Å². The summed E-state index contributed by atoms with van der Waals surface area (Å²) in [6.07, 6.45) is 3.14. The first-order valence-electron chi connectivity index (χ1n) is 6.65. The number of nitrogens with zero attached hydrogens (tertiary/aromatic N) is 1. The zero-order chi connectivity index (χ0) is 13.9. The van der Waals surface area contributed by atoms with Gasteiger partial charge in [-0.15, -0.1) is 6.58 Å². The van der Waals surface area contributed by atoms with Gasteiger partial charge in [-0.1, -0.05) is 33.3 Å². The number of carbonyl (C=O) groups is 2. The molecule has 1 rings (SSSR count). The third-order valence-electron chi connectivity index (χ3n) is 4.12. The topological polar surface area (TPSA) is 49.4 Å². The van der Waals surface area contributed by atoms with Crippen molar-refractivity contribution in [1.29, 1.82) is 0 Å². The van der Waals surface area contributed by atoms with Crippen LogP contribution in [0.25, 0.3) is 0 Å². The number of nitrogens with one attached hydrogen (secondary N) is 1. The number of hydrogen-bond acceptors (Lipinski definition) is 2. The van der Waals surface area contributed by atoms with Crippen molar-refractivity contribution in [3.63, 3.8) is 0 Å². The monoisotopic (exact) mass is 252 g/mol. The van der Waals surface area contributed by atoms with E-state index in [2.05, 4.69) is 11.9 Å². The summed E-state index contributed by atoms with van der Waals surface area (Å²) >= 11 is 0. The molecular formula is C14H24N2O2. The molecule has 3 unspecified atom stereocenters. The highest BCUT2D eigenvalue weighted by molar-refractivity contribution is 5.99. The van der Waals surface area contributed by atoms with Crippen molar-refractivity contribution < 1.29 is 9.59 Å². The number of amides is 2. The highest BCUT2D eigenvalue weighted by Crippen LogP contribution is 2.27. The summed E-state index contributed by atoms with van der Waals surface area (Å²) in [7, 11) is 0. The molecule has 1 N–H and O–H groups in total. The molecule has 0 aromatic rings. The predicted octanol–water partition coefficient (Wildman–Crippen LogP) is 1.71. The Kier molecular flexibility index (Phi) is 4.54. The van der Waals surface area contributed by atoms with Crippen LogP contribution in [-0.4, -0.2) is 34.8 Å². The van der Waals surface area contributed by atoms with E-state index >= 15 is 0 Å². The molecule has 1 aliphatic heterocycles. The van der Waals surface area contributed by atoms with E-state index in [0.29, 0.717) is 13.0 Å². The van der Waals surface area contributed by atoms with Gasteiger partial charge in [0.1, 0.15) is 11.6 Å². The minimum atomic E-state index is -0.755. The van der Waals surface area contributed by atoms with Gasteiger partial charge in [0.15, 0.2) is 0 Å². The van der Waals surface area contributed by atoms with Crippen LogP contribution in [0.15, 0.2) is 12.7 Å². The Balaban J connectivity index is 3.08. The average Bonchev–Trinajstić information content (AvgIpc) is 2.38. The van der Waals surface area contributed by atoms with E-state index in [9.17, 15) is 9.59 Å². The lowest BCUT2D eigenvalue weighted by Crippen LogP contribution is -2.70. The van der Waals surface area contributed by atoms with Gasteiger partial charge in [-0.2, -0.15) is 0 Å². The molecule has 4 nitrogen and oxygen atoms in total. The standard InChI is InChI=1S/C14H24N2O2/c1-6-9-16-12(17)11(10(4)7-2)15-13(18)14(16,5)8-3/h6,10-11H,1,7-9H2,2-5H3,(H,15,18). The smallest absolute Gasteiger partial charge is 0.246 e. The summed E-state index contributed by atoms with van der Waals surface area (Å²) in [5.74, 6) is 0.0973. The molecule has 102 valence electrons. The molecule has 1 fully saturated rings. The molecule has 0 aromatic carbocycles. The van der Waals surface area contributed by atoms with Crippen molar-refractivity contribution in [2.45, 2.75) is 52.1 Å². The Morgan fingerprint density at radius 1 is 1.50 bits per heavy atom. The third-order valence-corrected chi connectivity index (χ3v) is 4.12. The van der Waals surface area contributed by atoms with Gasteiger partial charge >= 0.3 is 0 Å². The molecule has 0 aliphatic carbocycles. The van der Waals surface area contributed by atoms with Gasteiger partial charge in [-0.05, 0) is 19.3 Å². The number of rotatable bonds is 5. The predicted molar refractivity (Wildman–Crippen MR) is 72.0 cm³/mol. The quantitative estimate of drug-likeness (QED) is 0.757. The summed E-state index contributed by atoms with van der Waals surface area (Å²) in [5.41, 5.74) is -0.755. The molecule has 1 heterocycles. The molecule has 0 bridgehead atoms. The first kappa shape index (κ1) is 14.7. The maximum Gasteiger partial charge on any atom is 0.246 e. The van der Waals surface area contributed by atoms with Gasteiger partial charge in [0.2, 0.25) is 11.8 Å². The Morgan fingerprint density at radius 2 is 2.11 bits per heavy atom. The molecule has 0 saturated carbocycles. The lowest BCUT2D eigenvalue weighted by Gasteiger charge is -2.46. The maximum atomic E-state index is 12.5. The molecule has 0 spiro atoms. The molecule has 0 aromatic heterocycles. The lowest BCUT2D eigenvalue weighted by molar-refractivity contribution is -0.157. The second-order valence-corrected chi connectivity index (χ2v) is 5.20. The average molecular weight is 252 g/mol. The summed E-state index contributed by atoms with van der Waals surface area (Å²) in [5, 5.41) is 2.88. The van der Waals surface area contributed by atoms with E-state index in [4.69, 9.17) is 0 Å². The molecule has 1 aliphatic rings. The third kappa shape index (κ3) is 2.28. The summed E-state index contributed by atoms with van der Waals surface area (Å²) in [4.78, 5) is 26.4. The Bertz CT molecular complexity index is 354. The second-order valence-electron chi connectivity index (χ2n) is 5.20. The van der Waals surface area contributed by atoms with Crippen LogP contribution in [0, 0.1) is 5.92 Å². The fourth-order valence-electron chi connectivity index (χ4n) is 2.29. The van der Waals surface area contributed by atoms with Crippen LogP contribution in [0.5, 0.6) is 0 Å². The van der Waals surface area contributed by atoms with Gasteiger partial charge in [-0.3, -0.25) is 9.59 Å². The molecule has 3 atom stereocenters. The van der Waals surface area contributed by atoms with Crippen LogP contribution in [0.4, 0.5) is 0 Å². The van der Waals surface area contributed by atoms with E-state index in [1.807, 2.05) is 27.7 Å². The normalized spacial score (nSPS) is 30.0. The van der Waals surface area contributed by atoms with Gasteiger partial charge < -0.3 is 10.2 Å². The highest BCUT2D eigenvalue weighted by atomic mass is 16.2. The SMILES string of the molecule is C=CCN1C(=O)C(C(C)CC)NC(=O)C1(C)CC. The van der Waals surface area contributed by atoms with E-state index in [-0.39, 0.29) is 17.7 Å². The molecule has 18 heavy (non-hydrogen) atoms. The minimum Gasteiger partial charge on any atom is -0.342 e. The van der Waals surface area contributed by atoms with Crippen molar-refractivity contribution in [1.82, 2.24) is 10.2 Å². The van der Waals surface area contributed by atoms with E-state index in [0.717, 1.165) is 6.42 Å². The Hall–Kier alpha value is -1.32. The van der Waals surface area contributed by atoms with Crippen LogP contribution in [0.3, 0.4) is 0 Å². The zero-order valence-electron chi connectivity index (χ0n) is 11.8. The van der Waals surface area contributed by atoms with Gasteiger partial charge in [0, 0.05) is 6.54 Å². The summed E-state index contributed by atoms with van der Waals surface area (Å²) in [6.45, 7) is 11.9. The van der Waals surface area contributed by atoms with Crippen LogP contribution < -0.4 is 5.32 Å². The molecular weight excluding hydrogens is 228 g/mol. The van der Waals surface area contributed by atoms with Crippen LogP contribution in [-0.2, 0) is 9.59 Å². The van der Waals surface area contributed by atoms with Crippen LogP contribution in [0.2, 0.25) is 0 Å². The van der Waals surface area contributed by atoms with Crippen molar-refractivity contribution in [2.75, 3.05) is 6.54 Å².